The van der Waals surface area contributed by atoms with Gasteiger partial charge in [0.1, 0.15) is 6.33 Å². The van der Waals surface area contributed by atoms with Gasteiger partial charge in [-0.25, -0.2) is 4.68 Å². The van der Waals surface area contributed by atoms with Crippen molar-refractivity contribution in [2.75, 3.05) is 12.4 Å². The molecule has 0 spiro atoms. The van der Waals surface area contributed by atoms with Crippen LogP contribution in [0.4, 0.5) is 5.69 Å². The molecule has 0 unspecified atom stereocenters. The summed E-state index contributed by atoms with van der Waals surface area (Å²) in [6, 6.07) is 6.73. The minimum Gasteiger partial charge on any atom is -0.382 e. The fourth-order valence-electron chi connectivity index (χ4n) is 2.39. The summed E-state index contributed by atoms with van der Waals surface area (Å²) in [4.78, 5) is 0. The van der Waals surface area contributed by atoms with Crippen LogP contribution in [0.15, 0.2) is 24.5 Å². The number of aromatic nitrogens is 4. The van der Waals surface area contributed by atoms with Crippen molar-refractivity contribution >= 4 is 5.69 Å². The summed E-state index contributed by atoms with van der Waals surface area (Å²) in [5.41, 5.74) is 3.27. The highest BCUT2D eigenvalue weighted by molar-refractivity contribution is 5.54. The van der Waals surface area contributed by atoms with Crippen LogP contribution in [-0.4, -0.2) is 39.5 Å². The first-order chi connectivity index (χ1) is 9.26. The van der Waals surface area contributed by atoms with E-state index in [4.69, 9.17) is 4.74 Å². The topological polar surface area (TPSA) is 64.9 Å². The Morgan fingerprint density at radius 2 is 2.21 bits per heavy atom. The van der Waals surface area contributed by atoms with E-state index in [-0.39, 0.29) is 0 Å². The summed E-state index contributed by atoms with van der Waals surface area (Å²) in [5.74, 6) is 0. The van der Waals surface area contributed by atoms with Crippen molar-refractivity contribution in [3.8, 4) is 5.69 Å². The average Bonchev–Trinajstić information content (AvgIpc) is 2.87. The molecular formula is C13H17N5O. The maximum atomic E-state index is 5.28. The van der Waals surface area contributed by atoms with Crippen LogP contribution in [0.25, 0.3) is 5.69 Å². The van der Waals surface area contributed by atoms with Crippen LogP contribution < -0.4 is 5.32 Å². The molecule has 1 aromatic heterocycles. The summed E-state index contributed by atoms with van der Waals surface area (Å²) in [6.45, 7) is 2.06. The fourth-order valence-corrected chi connectivity index (χ4v) is 2.39. The van der Waals surface area contributed by atoms with Crippen molar-refractivity contribution in [3.05, 3.63) is 30.1 Å². The van der Waals surface area contributed by atoms with Gasteiger partial charge in [-0.1, -0.05) is 0 Å². The fraction of sp³-hybridized carbons (Fsp3) is 0.462. The quantitative estimate of drug-likeness (QED) is 0.902. The van der Waals surface area contributed by atoms with Gasteiger partial charge in [-0.05, 0) is 54.0 Å². The molecule has 6 nitrogen and oxygen atoms in total. The second kappa shape index (κ2) is 4.97. The summed E-state index contributed by atoms with van der Waals surface area (Å²) in [6.07, 6.45) is 4.16. The van der Waals surface area contributed by atoms with Crippen LogP contribution in [-0.2, 0) is 4.74 Å². The molecule has 1 aliphatic rings. The first kappa shape index (κ1) is 12.1. The predicted molar refractivity (Wildman–Crippen MR) is 71.3 cm³/mol. The highest BCUT2D eigenvalue weighted by atomic mass is 16.5. The third-order valence-corrected chi connectivity index (χ3v) is 3.59. The van der Waals surface area contributed by atoms with Gasteiger partial charge in [-0.3, -0.25) is 0 Å². The van der Waals surface area contributed by atoms with Gasteiger partial charge in [0.25, 0.3) is 0 Å². The Kier molecular flexibility index (Phi) is 3.16. The number of hydrogen-bond donors (Lipinski definition) is 1. The Morgan fingerprint density at radius 3 is 2.84 bits per heavy atom. The van der Waals surface area contributed by atoms with Gasteiger partial charge in [0.15, 0.2) is 0 Å². The van der Waals surface area contributed by atoms with Crippen LogP contribution in [0.3, 0.4) is 0 Å². The summed E-state index contributed by atoms with van der Waals surface area (Å²) < 4.78 is 6.95. The largest absolute Gasteiger partial charge is 0.382 e. The number of rotatable bonds is 4. The minimum atomic E-state index is 0.416. The van der Waals surface area contributed by atoms with E-state index in [0.29, 0.717) is 12.1 Å². The van der Waals surface area contributed by atoms with E-state index in [1.165, 1.54) is 0 Å². The lowest BCUT2D eigenvalue weighted by Gasteiger charge is -2.35. The van der Waals surface area contributed by atoms with Gasteiger partial charge < -0.3 is 10.1 Å². The maximum absolute atomic E-state index is 5.28. The monoisotopic (exact) mass is 259 g/mol. The Labute approximate surface area is 111 Å². The molecule has 3 rings (SSSR count). The van der Waals surface area contributed by atoms with Gasteiger partial charge in [0, 0.05) is 18.8 Å². The van der Waals surface area contributed by atoms with Crippen LogP contribution in [0, 0.1) is 6.92 Å². The molecule has 1 saturated carbocycles. The smallest absolute Gasteiger partial charge is 0.143 e. The van der Waals surface area contributed by atoms with E-state index >= 15 is 0 Å². The lowest BCUT2D eigenvalue weighted by molar-refractivity contribution is 0.0329. The van der Waals surface area contributed by atoms with Gasteiger partial charge >= 0.3 is 0 Å². The molecule has 6 heteroatoms. The standard InChI is InChI=1S/C13H17N5O/c1-9-5-10(15-11-6-12(7-11)19-2)3-4-13(9)18-8-14-16-17-18/h3-5,8,11-12,15H,6-7H2,1-2H3. The maximum Gasteiger partial charge on any atom is 0.143 e. The Balaban J connectivity index is 1.70. The number of anilines is 1. The van der Waals surface area contributed by atoms with Crippen molar-refractivity contribution in [2.24, 2.45) is 0 Å². The number of nitrogens with zero attached hydrogens (tertiary/aromatic N) is 4. The molecule has 1 heterocycles. The van der Waals surface area contributed by atoms with Crippen molar-refractivity contribution in [1.82, 2.24) is 20.2 Å². The third kappa shape index (κ3) is 2.44. The third-order valence-electron chi connectivity index (χ3n) is 3.59. The number of aryl methyl sites for hydroxylation is 1. The molecular weight excluding hydrogens is 242 g/mol. The molecule has 1 N–H and O–H groups in total. The summed E-state index contributed by atoms with van der Waals surface area (Å²) in [7, 11) is 1.77. The van der Waals surface area contributed by atoms with Gasteiger partial charge in [-0.2, -0.15) is 0 Å². The number of tetrazole rings is 1. The number of benzene rings is 1. The molecule has 100 valence electrons. The van der Waals surface area contributed by atoms with Crippen molar-refractivity contribution < 1.29 is 4.74 Å². The van der Waals surface area contributed by atoms with E-state index in [2.05, 4.69) is 39.9 Å². The highest BCUT2D eigenvalue weighted by Gasteiger charge is 2.28. The van der Waals surface area contributed by atoms with Gasteiger partial charge in [0.2, 0.25) is 0 Å². The zero-order valence-corrected chi connectivity index (χ0v) is 11.1. The molecule has 0 radical (unpaired) electrons. The zero-order valence-electron chi connectivity index (χ0n) is 11.1. The molecule has 2 aromatic rings. The second-order valence-electron chi connectivity index (χ2n) is 4.93. The van der Waals surface area contributed by atoms with Gasteiger partial charge in [0.05, 0.1) is 11.8 Å². The number of ether oxygens (including phenoxy) is 1. The van der Waals surface area contributed by atoms with Crippen LogP contribution in [0.2, 0.25) is 0 Å². The zero-order chi connectivity index (χ0) is 13.2. The Morgan fingerprint density at radius 1 is 1.37 bits per heavy atom. The lowest BCUT2D eigenvalue weighted by Crippen LogP contribution is -2.40. The molecule has 0 bridgehead atoms. The summed E-state index contributed by atoms with van der Waals surface area (Å²) >= 11 is 0. The Bertz CT molecular complexity index is 548. The molecule has 19 heavy (non-hydrogen) atoms. The lowest BCUT2D eigenvalue weighted by atomic mass is 9.89. The SMILES string of the molecule is COC1CC(Nc2ccc(-n3cnnn3)c(C)c2)C1. The average molecular weight is 259 g/mol. The van der Waals surface area contributed by atoms with E-state index < -0.39 is 0 Å². The number of nitrogens with one attached hydrogen (secondary N) is 1. The van der Waals surface area contributed by atoms with Gasteiger partial charge in [-0.15, -0.1) is 5.10 Å². The molecule has 0 amide bonds. The highest BCUT2D eigenvalue weighted by Crippen LogP contribution is 2.27. The number of methoxy groups -OCH3 is 1. The van der Waals surface area contributed by atoms with Crippen molar-refractivity contribution in [1.29, 1.82) is 0 Å². The minimum absolute atomic E-state index is 0.416. The molecule has 1 aliphatic carbocycles. The summed E-state index contributed by atoms with van der Waals surface area (Å²) in [5, 5.41) is 14.7. The van der Waals surface area contributed by atoms with Crippen LogP contribution in [0.5, 0.6) is 0 Å². The van der Waals surface area contributed by atoms with E-state index in [0.717, 1.165) is 29.8 Å². The molecule has 1 fully saturated rings. The molecule has 0 atom stereocenters. The normalized spacial score (nSPS) is 22.0. The van der Waals surface area contributed by atoms with E-state index in [1.807, 2.05) is 6.07 Å². The van der Waals surface area contributed by atoms with Crippen molar-refractivity contribution in [2.45, 2.75) is 31.9 Å². The molecule has 1 aromatic carbocycles. The number of hydrogen-bond acceptors (Lipinski definition) is 5. The Hall–Kier alpha value is -1.95. The van der Waals surface area contributed by atoms with Crippen LogP contribution >= 0.6 is 0 Å². The first-order valence-corrected chi connectivity index (χ1v) is 6.39. The first-order valence-electron chi connectivity index (χ1n) is 6.39. The van der Waals surface area contributed by atoms with Crippen molar-refractivity contribution in [3.63, 3.8) is 0 Å². The predicted octanol–water partition coefficient (Wildman–Crippen LogP) is 1.56. The molecule has 0 saturated heterocycles. The van der Waals surface area contributed by atoms with E-state index in [1.54, 1.807) is 18.1 Å². The van der Waals surface area contributed by atoms with Crippen LogP contribution in [0.1, 0.15) is 18.4 Å². The second-order valence-corrected chi connectivity index (χ2v) is 4.93. The van der Waals surface area contributed by atoms with E-state index in [9.17, 15) is 0 Å². The molecule has 0 aliphatic heterocycles.